The van der Waals surface area contributed by atoms with Gasteiger partial charge in [-0.05, 0) is 40.4 Å². The predicted molar refractivity (Wildman–Crippen MR) is 116 cm³/mol. The fourth-order valence-electron chi connectivity index (χ4n) is 3.61. The van der Waals surface area contributed by atoms with Gasteiger partial charge in [0.15, 0.2) is 22.0 Å². The number of thiophene rings is 2. The van der Waals surface area contributed by atoms with E-state index in [2.05, 4.69) is 4.98 Å². The van der Waals surface area contributed by atoms with Crippen LogP contribution in [0.25, 0.3) is 38.0 Å². The molecule has 6 heteroatoms. The molecule has 0 saturated heterocycles. The van der Waals surface area contributed by atoms with Crippen molar-refractivity contribution in [1.29, 1.82) is 0 Å². The highest BCUT2D eigenvalue weighted by molar-refractivity contribution is 7.19. The zero-order valence-corrected chi connectivity index (χ0v) is 16.5. The van der Waals surface area contributed by atoms with Gasteiger partial charge < -0.3 is 4.42 Å². The molecule has 0 bridgehead atoms. The van der Waals surface area contributed by atoms with Gasteiger partial charge >= 0.3 is 0 Å². The molecule has 4 nitrogen and oxygen atoms in total. The van der Waals surface area contributed by atoms with Gasteiger partial charge in [-0.2, -0.15) is 4.98 Å². The second-order valence-corrected chi connectivity index (χ2v) is 8.79. The van der Waals surface area contributed by atoms with Gasteiger partial charge in [0.2, 0.25) is 5.89 Å². The number of ketones is 2. The minimum atomic E-state index is -0.229. The Kier molecular flexibility index (Phi) is 3.47. The molecule has 3 aromatic heterocycles. The summed E-state index contributed by atoms with van der Waals surface area (Å²) in [5, 5.41) is 3.88. The number of benzene rings is 2. The molecule has 1 aliphatic carbocycles. The van der Waals surface area contributed by atoms with E-state index in [1.807, 2.05) is 47.8 Å². The van der Waals surface area contributed by atoms with Gasteiger partial charge in [0, 0.05) is 22.1 Å². The quantitative estimate of drug-likeness (QED) is 0.254. The number of hydrogen-bond donors (Lipinski definition) is 0. The number of fused-ring (bicyclic) bond motifs is 3. The average molecular weight is 413 g/mol. The molecule has 0 fully saturated rings. The van der Waals surface area contributed by atoms with Crippen molar-refractivity contribution in [1.82, 2.24) is 4.98 Å². The van der Waals surface area contributed by atoms with E-state index in [4.69, 9.17) is 4.42 Å². The van der Waals surface area contributed by atoms with Crippen LogP contribution in [0.3, 0.4) is 0 Å². The Bertz CT molecular complexity index is 1400. The summed E-state index contributed by atoms with van der Waals surface area (Å²) in [6, 6.07) is 17.1. The molecule has 6 rings (SSSR count). The first-order valence-electron chi connectivity index (χ1n) is 8.95. The highest BCUT2D eigenvalue weighted by Crippen LogP contribution is 2.36. The summed E-state index contributed by atoms with van der Waals surface area (Å²) in [7, 11) is 0. The number of oxazole rings is 1. The molecular weight excluding hydrogens is 402 g/mol. The summed E-state index contributed by atoms with van der Waals surface area (Å²) in [5.74, 6) is 0.133. The SMILES string of the molecule is O=C1C(=Cc2cc3oc(-c4cccs4)nc3s2)C(=O)c2cc3ccccc3cc21. The largest absolute Gasteiger partial charge is 0.434 e. The maximum absolute atomic E-state index is 12.9. The van der Waals surface area contributed by atoms with E-state index < -0.39 is 0 Å². The van der Waals surface area contributed by atoms with Crippen molar-refractivity contribution in [3.05, 3.63) is 81.6 Å². The summed E-state index contributed by atoms with van der Waals surface area (Å²) in [4.78, 5) is 32.8. The van der Waals surface area contributed by atoms with Crippen molar-refractivity contribution in [3.63, 3.8) is 0 Å². The van der Waals surface area contributed by atoms with E-state index in [0.29, 0.717) is 22.6 Å². The number of carbonyl (C=O) groups is 2. The zero-order valence-electron chi connectivity index (χ0n) is 14.8. The molecule has 3 heterocycles. The van der Waals surface area contributed by atoms with Crippen molar-refractivity contribution in [2.45, 2.75) is 0 Å². The highest BCUT2D eigenvalue weighted by atomic mass is 32.1. The Balaban J connectivity index is 1.41. The van der Waals surface area contributed by atoms with Gasteiger partial charge in [-0.25, -0.2) is 0 Å². The minimum absolute atomic E-state index is 0.192. The van der Waals surface area contributed by atoms with Gasteiger partial charge in [-0.1, -0.05) is 30.3 Å². The molecule has 1 aliphatic rings. The molecule has 0 spiro atoms. The number of rotatable bonds is 2. The van der Waals surface area contributed by atoms with Crippen LogP contribution in [0.5, 0.6) is 0 Å². The Hall–Kier alpha value is -3.35. The van der Waals surface area contributed by atoms with Crippen LogP contribution in [-0.2, 0) is 0 Å². The number of carbonyl (C=O) groups excluding carboxylic acids is 2. The van der Waals surface area contributed by atoms with Crippen LogP contribution < -0.4 is 0 Å². The summed E-state index contributed by atoms with van der Waals surface area (Å²) in [5.41, 5.74) is 1.79. The Labute approximate surface area is 172 Å². The van der Waals surface area contributed by atoms with E-state index in [9.17, 15) is 9.59 Å². The molecular formula is C23H11NO3S2. The van der Waals surface area contributed by atoms with Crippen molar-refractivity contribution in [3.8, 4) is 10.8 Å². The second kappa shape index (κ2) is 6.07. The van der Waals surface area contributed by atoms with Gasteiger partial charge in [0.25, 0.3) is 0 Å². The first-order valence-corrected chi connectivity index (χ1v) is 10.7. The lowest BCUT2D eigenvalue weighted by atomic mass is 10.0. The zero-order chi connectivity index (χ0) is 19.5. The normalized spacial score (nSPS) is 13.6. The van der Waals surface area contributed by atoms with Crippen LogP contribution >= 0.6 is 22.7 Å². The van der Waals surface area contributed by atoms with Crippen molar-refractivity contribution >= 4 is 61.5 Å². The minimum Gasteiger partial charge on any atom is -0.434 e. The fraction of sp³-hybridized carbons (Fsp3) is 0. The number of aromatic nitrogens is 1. The van der Waals surface area contributed by atoms with Gasteiger partial charge in [-0.3, -0.25) is 9.59 Å². The van der Waals surface area contributed by atoms with Crippen LogP contribution in [-0.4, -0.2) is 16.6 Å². The number of nitrogens with zero attached hydrogens (tertiary/aromatic N) is 1. The number of hydrogen-bond acceptors (Lipinski definition) is 6. The van der Waals surface area contributed by atoms with Gasteiger partial charge in [-0.15, -0.1) is 22.7 Å². The first kappa shape index (κ1) is 16.6. The predicted octanol–water partition coefficient (Wildman–Crippen LogP) is 6.23. The van der Waals surface area contributed by atoms with Crippen LogP contribution in [0, 0.1) is 0 Å². The van der Waals surface area contributed by atoms with Crippen LogP contribution in [0.15, 0.2) is 70.0 Å². The summed E-state index contributed by atoms with van der Waals surface area (Å²) in [6.45, 7) is 0. The fourth-order valence-corrected chi connectivity index (χ4v) is 5.16. The molecule has 0 aliphatic heterocycles. The molecule has 29 heavy (non-hydrogen) atoms. The molecule has 0 unspecified atom stereocenters. The third kappa shape index (κ3) is 2.53. The van der Waals surface area contributed by atoms with Crippen molar-refractivity contribution < 1.29 is 14.0 Å². The van der Waals surface area contributed by atoms with Gasteiger partial charge in [0.05, 0.1) is 10.5 Å². The van der Waals surface area contributed by atoms with Crippen molar-refractivity contribution in [2.75, 3.05) is 0 Å². The topological polar surface area (TPSA) is 60.2 Å². The molecule has 138 valence electrons. The summed E-state index contributed by atoms with van der Waals surface area (Å²) < 4.78 is 5.84. The van der Waals surface area contributed by atoms with E-state index in [1.165, 1.54) is 11.3 Å². The lowest BCUT2D eigenvalue weighted by Gasteiger charge is -2.00. The molecule has 0 radical (unpaired) electrons. The molecule has 0 atom stereocenters. The van der Waals surface area contributed by atoms with Crippen LogP contribution in [0.4, 0.5) is 0 Å². The molecule has 2 aromatic carbocycles. The average Bonchev–Trinajstić information content (AvgIpc) is 3.48. The molecule has 5 aromatic rings. The monoisotopic (exact) mass is 413 g/mol. The van der Waals surface area contributed by atoms with E-state index in [-0.39, 0.29) is 17.1 Å². The van der Waals surface area contributed by atoms with Crippen molar-refractivity contribution in [2.24, 2.45) is 0 Å². The van der Waals surface area contributed by atoms with Crippen LogP contribution in [0.1, 0.15) is 25.6 Å². The Morgan fingerprint density at radius 1 is 0.897 bits per heavy atom. The number of allylic oxidation sites excluding steroid dienone is 1. The Morgan fingerprint density at radius 2 is 1.62 bits per heavy atom. The van der Waals surface area contributed by atoms with E-state index >= 15 is 0 Å². The maximum atomic E-state index is 12.9. The number of Topliss-reactive ketones (excluding diaryl/α,β-unsaturated/α-hetero) is 2. The standard InChI is InChI=1S/C23H11NO3S2/c25-20-15-8-12-4-1-2-5-13(12)9-16(15)21(26)17(20)10-14-11-18-23(29-14)24-22(27-18)19-6-3-7-28-19/h1-11H. The van der Waals surface area contributed by atoms with E-state index in [1.54, 1.807) is 29.5 Å². The third-order valence-electron chi connectivity index (χ3n) is 4.99. The van der Waals surface area contributed by atoms with Gasteiger partial charge in [0.1, 0.15) is 0 Å². The lowest BCUT2D eigenvalue weighted by Crippen LogP contribution is -1.99. The Morgan fingerprint density at radius 3 is 2.24 bits per heavy atom. The maximum Gasteiger partial charge on any atom is 0.238 e. The highest BCUT2D eigenvalue weighted by Gasteiger charge is 2.33. The third-order valence-corrected chi connectivity index (χ3v) is 6.81. The van der Waals surface area contributed by atoms with Crippen LogP contribution in [0.2, 0.25) is 0 Å². The van der Waals surface area contributed by atoms with E-state index in [0.717, 1.165) is 25.4 Å². The smallest absolute Gasteiger partial charge is 0.238 e. The summed E-state index contributed by atoms with van der Waals surface area (Å²) >= 11 is 2.97. The lowest BCUT2D eigenvalue weighted by molar-refractivity contribution is 0.0990. The summed E-state index contributed by atoms with van der Waals surface area (Å²) in [6.07, 6.45) is 1.65. The molecule has 0 amide bonds. The molecule has 0 N–H and O–H groups in total. The first-order chi connectivity index (χ1) is 14.2. The second-order valence-electron chi connectivity index (χ2n) is 6.78. The molecule has 0 saturated carbocycles.